The topological polar surface area (TPSA) is 0 Å². The fourth-order valence-electron chi connectivity index (χ4n) is 1.60. The number of hydrogen-bond donors (Lipinski definition) is 0. The monoisotopic (exact) mass is 182 g/mol. The summed E-state index contributed by atoms with van der Waals surface area (Å²) < 4.78 is 0. The Hall–Kier alpha value is -1.56. The molecule has 0 heteroatoms. The van der Waals surface area contributed by atoms with E-state index >= 15 is 0 Å². The molecule has 0 heterocycles. The highest BCUT2D eigenvalue weighted by Gasteiger charge is 1.96. The van der Waals surface area contributed by atoms with Crippen LogP contribution in [-0.2, 0) is 6.42 Å². The van der Waals surface area contributed by atoms with Gasteiger partial charge in [0.2, 0.25) is 0 Å². The van der Waals surface area contributed by atoms with Crippen molar-refractivity contribution >= 4 is 0 Å². The van der Waals surface area contributed by atoms with Crippen molar-refractivity contribution in [2.45, 2.75) is 13.3 Å². The number of hydrogen-bond acceptors (Lipinski definition) is 0. The second kappa shape index (κ2) is 4.10. The standard InChI is InChI=1S/C14H14/c1-2-12-7-6-10-14(11-12)13-8-4-3-5-9-13/h3-11H,2H2,1H3. The van der Waals surface area contributed by atoms with Gasteiger partial charge >= 0.3 is 0 Å². The molecule has 0 aliphatic carbocycles. The number of aryl methyl sites for hydroxylation is 1. The van der Waals surface area contributed by atoms with E-state index in [2.05, 4.69) is 55.5 Å². The van der Waals surface area contributed by atoms with Crippen LogP contribution in [0, 0.1) is 0 Å². The van der Waals surface area contributed by atoms with Crippen LogP contribution in [0.2, 0.25) is 0 Å². The van der Waals surface area contributed by atoms with Crippen LogP contribution >= 0.6 is 0 Å². The van der Waals surface area contributed by atoms with Crippen molar-refractivity contribution in [3.8, 4) is 11.1 Å². The van der Waals surface area contributed by atoms with Gasteiger partial charge < -0.3 is 0 Å². The van der Waals surface area contributed by atoms with Gasteiger partial charge in [0, 0.05) is 0 Å². The first-order chi connectivity index (χ1) is 6.90. The van der Waals surface area contributed by atoms with Crippen molar-refractivity contribution in [3.05, 3.63) is 60.2 Å². The maximum atomic E-state index is 2.26. The molecule has 0 nitrogen and oxygen atoms in total. The quantitative estimate of drug-likeness (QED) is 0.660. The third-order valence-corrected chi connectivity index (χ3v) is 2.44. The van der Waals surface area contributed by atoms with E-state index in [9.17, 15) is 0 Å². The molecule has 0 atom stereocenters. The lowest BCUT2D eigenvalue weighted by Crippen LogP contribution is -1.81. The Bertz CT molecular complexity index is 401. The molecule has 0 unspecified atom stereocenters. The van der Waals surface area contributed by atoms with Gasteiger partial charge in [-0.2, -0.15) is 0 Å². The van der Waals surface area contributed by atoms with Gasteiger partial charge in [0.05, 0.1) is 0 Å². The minimum absolute atomic E-state index is 1.10. The first-order valence-corrected chi connectivity index (χ1v) is 5.04. The molecule has 70 valence electrons. The lowest BCUT2D eigenvalue weighted by molar-refractivity contribution is 1.14. The van der Waals surface area contributed by atoms with Crippen LogP contribution in [0.3, 0.4) is 0 Å². The van der Waals surface area contributed by atoms with E-state index in [4.69, 9.17) is 0 Å². The maximum absolute atomic E-state index is 2.26. The zero-order chi connectivity index (χ0) is 9.80. The molecule has 0 amide bonds. The largest absolute Gasteiger partial charge is 0.0622 e. The Morgan fingerprint density at radius 3 is 2.21 bits per heavy atom. The normalized spacial score (nSPS) is 10.1. The number of rotatable bonds is 2. The first-order valence-electron chi connectivity index (χ1n) is 5.04. The Kier molecular flexibility index (Phi) is 2.64. The predicted molar refractivity (Wildman–Crippen MR) is 61.3 cm³/mol. The van der Waals surface area contributed by atoms with Crippen LogP contribution in [-0.4, -0.2) is 0 Å². The SMILES string of the molecule is CCc1cccc(-c2ccccc2)c1. The molecular weight excluding hydrogens is 168 g/mol. The fourth-order valence-corrected chi connectivity index (χ4v) is 1.60. The van der Waals surface area contributed by atoms with Crippen LogP contribution < -0.4 is 0 Å². The highest BCUT2D eigenvalue weighted by Crippen LogP contribution is 2.19. The highest BCUT2D eigenvalue weighted by molar-refractivity contribution is 5.63. The molecule has 0 saturated carbocycles. The summed E-state index contributed by atoms with van der Waals surface area (Å²) in [6, 6.07) is 19.2. The molecule has 2 aromatic rings. The van der Waals surface area contributed by atoms with Crippen LogP contribution in [0.4, 0.5) is 0 Å². The second-order valence-corrected chi connectivity index (χ2v) is 3.42. The molecule has 0 fully saturated rings. The molecule has 0 aliphatic heterocycles. The van der Waals surface area contributed by atoms with Crippen molar-refractivity contribution in [1.82, 2.24) is 0 Å². The van der Waals surface area contributed by atoms with Crippen LogP contribution in [0.15, 0.2) is 54.6 Å². The van der Waals surface area contributed by atoms with Gasteiger partial charge in [0.1, 0.15) is 0 Å². The summed E-state index contributed by atoms with van der Waals surface area (Å²) in [4.78, 5) is 0. The lowest BCUT2D eigenvalue weighted by Gasteiger charge is -2.03. The summed E-state index contributed by atoms with van der Waals surface area (Å²) in [6.45, 7) is 2.18. The van der Waals surface area contributed by atoms with Crippen molar-refractivity contribution < 1.29 is 0 Å². The highest BCUT2D eigenvalue weighted by atomic mass is 14.0. The summed E-state index contributed by atoms with van der Waals surface area (Å²) >= 11 is 0. The van der Waals surface area contributed by atoms with E-state index in [0.29, 0.717) is 0 Å². The van der Waals surface area contributed by atoms with E-state index in [1.807, 2.05) is 6.07 Å². The molecule has 0 aromatic heterocycles. The van der Waals surface area contributed by atoms with Gasteiger partial charge in [-0.25, -0.2) is 0 Å². The summed E-state index contributed by atoms with van der Waals surface area (Å²) in [5, 5.41) is 0. The minimum Gasteiger partial charge on any atom is -0.0622 e. The Labute approximate surface area is 85.2 Å². The second-order valence-electron chi connectivity index (χ2n) is 3.42. The zero-order valence-corrected chi connectivity index (χ0v) is 8.40. The van der Waals surface area contributed by atoms with Gasteiger partial charge in [-0.1, -0.05) is 61.5 Å². The molecule has 2 aromatic carbocycles. The molecule has 0 spiro atoms. The average Bonchev–Trinajstić information content (AvgIpc) is 2.30. The fraction of sp³-hybridized carbons (Fsp3) is 0.143. The van der Waals surface area contributed by atoms with Crippen molar-refractivity contribution in [3.63, 3.8) is 0 Å². The van der Waals surface area contributed by atoms with Gasteiger partial charge in [-0.15, -0.1) is 0 Å². The van der Waals surface area contributed by atoms with E-state index in [1.54, 1.807) is 0 Å². The Balaban J connectivity index is 2.42. The average molecular weight is 182 g/mol. The first kappa shape index (κ1) is 9.01. The molecule has 0 radical (unpaired) electrons. The number of benzene rings is 2. The summed E-state index contributed by atoms with van der Waals surface area (Å²) in [5.74, 6) is 0. The van der Waals surface area contributed by atoms with E-state index < -0.39 is 0 Å². The van der Waals surface area contributed by atoms with Gasteiger partial charge in [-0.05, 0) is 23.1 Å². The van der Waals surface area contributed by atoms with Gasteiger partial charge in [-0.3, -0.25) is 0 Å². The van der Waals surface area contributed by atoms with Crippen LogP contribution in [0.5, 0.6) is 0 Å². The van der Waals surface area contributed by atoms with E-state index in [-0.39, 0.29) is 0 Å². The van der Waals surface area contributed by atoms with E-state index in [1.165, 1.54) is 16.7 Å². The molecular formula is C14H14. The lowest BCUT2D eigenvalue weighted by atomic mass is 10.0. The Morgan fingerprint density at radius 1 is 0.786 bits per heavy atom. The molecule has 0 N–H and O–H groups in total. The molecule has 2 rings (SSSR count). The summed E-state index contributed by atoms with van der Waals surface area (Å²) in [5.41, 5.74) is 4.00. The molecule has 0 bridgehead atoms. The maximum Gasteiger partial charge on any atom is -0.0181 e. The molecule has 0 saturated heterocycles. The van der Waals surface area contributed by atoms with Crippen LogP contribution in [0.25, 0.3) is 11.1 Å². The third kappa shape index (κ3) is 1.85. The predicted octanol–water partition coefficient (Wildman–Crippen LogP) is 3.92. The minimum atomic E-state index is 1.10. The Morgan fingerprint density at radius 2 is 1.50 bits per heavy atom. The van der Waals surface area contributed by atoms with Crippen molar-refractivity contribution in [2.75, 3.05) is 0 Å². The van der Waals surface area contributed by atoms with Gasteiger partial charge in [0.15, 0.2) is 0 Å². The zero-order valence-electron chi connectivity index (χ0n) is 8.40. The van der Waals surface area contributed by atoms with Crippen molar-refractivity contribution in [1.29, 1.82) is 0 Å². The summed E-state index contributed by atoms with van der Waals surface area (Å²) in [6.07, 6.45) is 1.10. The summed E-state index contributed by atoms with van der Waals surface area (Å²) in [7, 11) is 0. The van der Waals surface area contributed by atoms with Crippen LogP contribution in [0.1, 0.15) is 12.5 Å². The third-order valence-electron chi connectivity index (χ3n) is 2.44. The molecule has 0 aliphatic rings. The van der Waals surface area contributed by atoms with Gasteiger partial charge in [0.25, 0.3) is 0 Å². The smallest absolute Gasteiger partial charge is 0.0181 e. The molecule has 14 heavy (non-hydrogen) atoms. The van der Waals surface area contributed by atoms with E-state index in [0.717, 1.165) is 6.42 Å². The van der Waals surface area contributed by atoms with Crippen molar-refractivity contribution in [2.24, 2.45) is 0 Å².